The van der Waals surface area contributed by atoms with Crippen LogP contribution in [0.15, 0.2) is 54.9 Å². The van der Waals surface area contributed by atoms with E-state index in [1.54, 1.807) is 31.3 Å². The minimum Gasteiger partial charge on any atom is -0.488 e. The summed E-state index contributed by atoms with van der Waals surface area (Å²) >= 11 is 0. The molecule has 1 amide bonds. The second-order valence-corrected chi connectivity index (χ2v) is 7.92. The summed E-state index contributed by atoms with van der Waals surface area (Å²) in [7, 11) is 1.66. The summed E-state index contributed by atoms with van der Waals surface area (Å²) in [6.07, 6.45) is 4.85. The van der Waals surface area contributed by atoms with Crippen molar-refractivity contribution >= 4 is 16.8 Å². The molecule has 2 heterocycles. The number of pyridine rings is 1. The molecular formula is C24H20F2N4O2. The molecule has 2 aromatic carbocycles. The number of amides is 1. The van der Waals surface area contributed by atoms with Crippen LogP contribution in [0.3, 0.4) is 0 Å². The average molecular weight is 434 g/mol. The highest BCUT2D eigenvalue weighted by molar-refractivity contribution is 5.95. The van der Waals surface area contributed by atoms with E-state index in [0.29, 0.717) is 33.5 Å². The first kappa shape index (κ1) is 20.1. The van der Waals surface area contributed by atoms with Gasteiger partial charge in [-0.15, -0.1) is 0 Å². The summed E-state index contributed by atoms with van der Waals surface area (Å²) in [6.45, 7) is 0.252. The molecular weight excluding hydrogens is 414 g/mol. The molecule has 0 bridgehead atoms. The summed E-state index contributed by atoms with van der Waals surface area (Å²) < 4.78 is 33.7. The fourth-order valence-corrected chi connectivity index (χ4v) is 3.61. The lowest BCUT2D eigenvalue weighted by atomic mass is 10.1. The first-order valence-electron chi connectivity index (χ1n) is 10.3. The fourth-order valence-electron chi connectivity index (χ4n) is 3.61. The third kappa shape index (κ3) is 3.91. The molecule has 4 aromatic rings. The zero-order valence-electron chi connectivity index (χ0n) is 17.3. The number of aromatic nitrogens is 3. The number of hydrogen-bond acceptors (Lipinski definition) is 4. The first-order valence-corrected chi connectivity index (χ1v) is 10.3. The fraction of sp³-hybridized carbons (Fsp3) is 0.208. The van der Waals surface area contributed by atoms with E-state index in [-0.39, 0.29) is 30.2 Å². The van der Waals surface area contributed by atoms with Gasteiger partial charge in [-0.2, -0.15) is 5.10 Å². The van der Waals surface area contributed by atoms with Crippen molar-refractivity contribution in [1.29, 1.82) is 0 Å². The van der Waals surface area contributed by atoms with Crippen LogP contribution in [0.4, 0.5) is 8.78 Å². The van der Waals surface area contributed by atoms with Crippen LogP contribution in [-0.2, 0) is 6.54 Å². The van der Waals surface area contributed by atoms with Gasteiger partial charge in [0.15, 0.2) is 0 Å². The molecule has 0 spiro atoms. The highest BCUT2D eigenvalue weighted by Crippen LogP contribution is 2.34. The van der Waals surface area contributed by atoms with Crippen molar-refractivity contribution in [2.75, 3.05) is 7.05 Å². The van der Waals surface area contributed by atoms with Crippen LogP contribution in [0.2, 0.25) is 0 Å². The van der Waals surface area contributed by atoms with Crippen LogP contribution >= 0.6 is 0 Å². The summed E-state index contributed by atoms with van der Waals surface area (Å²) in [5, 5.41) is 7.07. The Hall–Kier alpha value is -3.81. The van der Waals surface area contributed by atoms with E-state index < -0.39 is 0 Å². The Kier molecular flexibility index (Phi) is 5.05. The van der Waals surface area contributed by atoms with Gasteiger partial charge in [0.2, 0.25) is 0 Å². The summed E-state index contributed by atoms with van der Waals surface area (Å²) in [5.41, 5.74) is 2.73. The predicted molar refractivity (Wildman–Crippen MR) is 115 cm³/mol. The van der Waals surface area contributed by atoms with Crippen molar-refractivity contribution in [3.8, 4) is 17.0 Å². The number of nitrogens with zero attached hydrogens (tertiary/aromatic N) is 3. The maximum atomic E-state index is 13.9. The largest absolute Gasteiger partial charge is 0.488 e. The highest BCUT2D eigenvalue weighted by atomic mass is 19.1. The van der Waals surface area contributed by atoms with E-state index >= 15 is 0 Å². The van der Waals surface area contributed by atoms with E-state index in [1.807, 2.05) is 0 Å². The zero-order chi connectivity index (χ0) is 22.2. The number of ether oxygens (including phenoxy) is 1. The van der Waals surface area contributed by atoms with E-state index in [1.165, 1.54) is 35.5 Å². The second kappa shape index (κ2) is 8.03. The van der Waals surface area contributed by atoms with E-state index in [2.05, 4.69) is 15.2 Å². The van der Waals surface area contributed by atoms with Crippen molar-refractivity contribution < 1.29 is 18.3 Å². The predicted octanol–water partition coefficient (Wildman–Crippen LogP) is 4.72. The molecule has 0 atom stereocenters. The quantitative estimate of drug-likeness (QED) is 0.477. The monoisotopic (exact) mass is 434 g/mol. The Labute approximate surface area is 182 Å². The lowest BCUT2D eigenvalue weighted by molar-refractivity contribution is 0.0784. The third-order valence-corrected chi connectivity index (χ3v) is 5.42. The maximum absolute atomic E-state index is 13.9. The Morgan fingerprint density at radius 2 is 2.03 bits per heavy atom. The maximum Gasteiger partial charge on any atom is 0.255 e. The van der Waals surface area contributed by atoms with Crippen molar-refractivity contribution in [1.82, 2.24) is 20.1 Å². The van der Waals surface area contributed by atoms with E-state index in [0.717, 1.165) is 18.4 Å². The first-order chi connectivity index (χ1) is 15.5. The van der Waals surface area contributed by atoms with Crippen molar-refractivity contribution in [2.45, 2.75) is 25.5 Å². The molecule has 0 saturated heterocycles. The minimum absolute atomic E-state index is 0.0834. The Morgan fingerprint density at radius 3 is 2.81 bits per heavy atom. The molecule has 1 fully saturated rings. The van der Waals surface area contributed by atoms with Gasteiger partial charge in [0, 0.05) is 25.4 Å². The smallest absolute Gasteiger partial charge is 0.255 e. The van der Waals surface area contributed by atoms with Gasteiger partial charge in [0.05, 0.1) is 28.8 Å². The number of rotatable bonds is 6. The van der Waals surface area contributed by atoms with E-state index in [4.69, 9.17) is 4.74 Å². The van der Waals surface area contributed by atoms with Gasteiger partial charge in [0.25, 0.3) is 5.91 Å². The Bertz CT molecular complexity index is 1320. The normalized spacial score (nSPS) is 13.3. The number of hydrogen-bond donors (Lipinski definition) is 1. The standard InChI is InChI=1S/C24H20F2N4O2/c1-30(13-15-5-8-20(26)19-12-28-29-22(15)19)24(31)16-10-21(32-18-6-7-18)23(27-11-16)14-3-2-4-17(25)9-14/h2-5,8-12,18H,6-7,13H2,1H3,(H,28,29). The summed E-state index contributed by atoms with van der Waals surface area (Å²) in [4.78, 5) is 19.1. The number of aromatic amines is 1. The molecule has 8 heteroatoms. The van der Waals surface area contributed by atoms with Crippen molar-refractivity contribution in [2.24, 2.45) is 0 Å². The molecule has 1 saturated carbocycles. The Balaban J connectivity index is 1.43. The number of H-pyrrole nitrogens is 1. The number of carbonyl (C=O) groups is 1. The van der Waals surface area contributed by atoms with Gasteiger partial charge in [-0.1, -0.05) is 18.2 Å². The molecule has 1 N–H and O–H groups in total. The van der Waals surface area contributed by atoms with Crippen LogP contribution in [0.5, 0.6) is 5.75 Å². The van der Waals surface area contributed by atoms with Gasteiger partial charge in [0.1, 0.15) is 23.1 Å². The minimum atomic E-state index is -0.370. The number of carbonyl (C=O) groups excluding carboxylic acids is 1. The van der Waals surface area contributed by atoms with Gasteiger partial charge in [-0.3, -0.25) is 14.9 Å². The molecule has 0 radical (unpaired) electrons. The molecule has 0 unspecified atom stereocenters. The molecule has 162 valence electrons. The average Bonchev–Trinajstić information content (AvgIpc) is 3.45. The summed E-state index contributed by atoms with van der Waals surface area (Å²) in [6, 6.07) is 10.8. The molecule has 0 aliphatic heterocycles. The molecule has 1 aliphatic rings. The number of halogens is 2. The lowest BCUT2D eigenvalue weighted by Crippen LogP contribution is -2.26. The molecule has 1 aliphatic carbocycles. The topological polar surface area (TPSA) is 71.1 Å². The molecule has 5 rings (SSSR count). The van der Waals surface area contributed by atoms with Gasteiger partial charge < -0.3 is 9.64 Å². The number of nitrogens with one attached hydrogen (secondary N) is 1. The molecule has 6 nitrogen and oxygen atoms in total. The lowest BCUT2D eigenvalue weighted by Gasteiger charge is -2.19. The van der Waals surface area contributed by atoms with Gasteiger partial charge in [-0.25, -0.2) is 8.78 Å². The van der Waals surface area contributed by atoms with Crippen LogP contribution in [0, 0.1) is 11.6 Å². The number of fused-ring (bicyclic) bond motifs is 1. The highest BCUT2D eigenvalue weighted by Gasteiger charge is 2.26. The second-order valence-electron chi connectivity index (χ2n) is 7.92. The van der Waals surface area contributed by atoms with Crippen LogP contribution < -0.4 is 4.74 Å². The third-order valence-electron chi connectivity index (χ3n) is 5.42. The molecule has 2 aromatic heterocycles. The van der Waals surface area contributed by atoms with Gasteiger partial charge in [-0.05, 0) is 42.7 Å². The zero-order valence-corrected chi connectivity index (χ0v) is 17.3. The van der Waals surface area contributed by atoms with Crippen LogP contribution in [0.1, 0.15) is 28.8 Å². The SMILES string of the molecule is CN(Cc1ccc(F)c2cn[nH]c12)C(=O)c1cnc(-c2cccc(F)c2)c(OC2CC2)c1. The number of benzene rings is 2. The van der Waals surface area contributed by atoms with Crippen molar-refractivity contribution in [3.63, 3.8) is 0 Å². The van der Waals surface area contributed by atoms with Crippen molar-refractivity contribution in [3.05, 3.63) is 77.6 Å². The molecule has 32 heavy (non-hydrogen) atoms. The van der Waals surface area contributed by atoms with Crippen LogP contribution in [0.25, 0.3) is 22.2 Å². The van der Waals surface area contributed by atoms with Crippen LogP contribution in [-0.4, -0.2) is 39.1 Å². The Morgan fingerprint density at radius 1 is 1.19 bits per heavy atom. The van der Waals surface area contributed by atoms with Gasteiger partial charge >= 0.3 is 0 Å². The summed E-state index contributed by atoms with van der Waals surface area (Å²) in [5.74, 6) is -0.549. The van der Waals surface area contributed by atoms with E-state index in [9.17, 15) is 13.6 Å².